The Morgan fingerprint density at radius 2 is 2.05 bits per heavy atom. The number of anilines is 1. The number of rotatable bonds is 3. The third-order valence-electron chi connectivity index (χ3n) is 3.40. The van der Waals surface area contributed by atoms with Gasteiger partial charge < -0.3 is 19.6 Å². The highest BCUT2D eigenvalue weighted by Gasteiger charge is 2.41. The maximum Gasteiger partial charge on any atom is 0.329 e. The zero-order chi connectivity index (χ0) is 13.3. The molecule has 1 aliphatic rings. The van der Waals surface area contributed by atoms with Crippen LogP contribution in [0.2, 0.25) is 0 Å². The highest BCUT2D eigenvalue weighted by atomic mass is 16.5. The average Bonchev–Trinajstić information content (AvgIpc) is 2.81. The molecule has 0 atom stereocenters. The number of aromatic nitrogens is 1. The smallest absolute Gasteiger partial charge is 0.329 e. The van der Waals surface area contributed by atoms with Crippen molar-refractivity contribution >= 4 is 23.1 Å². The third kappa shape index (κ3) is 2.15. The lowest BCUT2D eigenvalue weighted by Gasteiger charge is -2.33. The van der Waals surface area contributed by atoms with Crippen molar-refractivity contribution in [1.29, 1.82) is 0 Å². The van der Waals surface area contributed by atoms with Gasteiger partial charge in [-0.2, -0.15) is 4.98 Å². The summed E-state index contributed by atoms with van der Waals surface area (Å²) in [6.45, 7) is 0.832. The van der Waals surface area contributed by atoms with E-state index in [2.05, 4.69) is 10.3 Å². The van der Waals surface area contributed by atoms with Gasteiger partial charge in [-0.25, -0.2) is 4.79 Å². The van der Waals surface area contributed by atoms with E-state index in [0.29, 0.717) is 37.2 Å². The second kappa shape index (κ2) is 4.55. The summed E-state index contributed by atoms with van der Waals surface area (Å²) in [6.07, 6.45) is 0.780. The highest BCUT2D eigenvalue weighted by Crippen LogP contribution is 2.28. The van der Waals surface area contributed by atoms with Gasteiger partial charge in [0.25, 0.3) is 6.01 Å². The molecule has 1 aliphatic heterocycles. The Balaban J connectivity index is 1.91. The fourth-order valence-electron chi connectivity index (χ4n) is 2.24. The van der Waals surface area contributed by atoms with Gasteiger partial charge in [-0.1, -0.05) is 12.1 Å². The summed E-state index contributed by atoms with van der Waals surface area (Å²) < 4.78 is 10.7. The maximum atomic E-state index is 11.5. The summed E-state index contributed by atoms with van der Waals surface area (Å²) >= 11 is 0. The van der Waals surface area contributed by atoms with Crippen LogP contribution in [0.4, 0.5) is 6.01 Å². The van der Waals surface area contributed by atoms with E-state index in [1.54, 1.807) is 6.07 Å². The number of oxazole rings is 1. The minimum absolute atomic E-state index is 0.241. The third-order valence-corrected chi connectivity index (χ3v) is 3.40. The molecule has 1 aromatic carbocycles. The van der Waals surface area contributed by atoms with Gasteiger partial charge in [0.05, 0.1) is 0 Å². The number of carbonyl (C=O) groups is 1. The quantitative estimate of drug-likeness (QED) is 0.878. The van der Waals surface area contributed by atoms with Crippen molar-refractivity contribution in [1.82, 2.24) is 4.98 Å². The molecule has 3 rings (SSSR count). The van der Waals surface area contributed by atoms with E-state index in [1.165, 1.54) is 0 Å². The lowest BCUT2D eigenvalue weighted by atomic mass is 9.90. The molecule has 0 bridgehead atoms. The Labute approximate surface area is 109 Å². The minimum Gasteiger partial charge on any atom is -0.480 e. The number of ether oxygens (including phenoxy) is 1. The number of para-hydroxylation sites is 2. The second-order valence-electron chi connectivity index (χ2n) is 4.61. The lowest BCUT2D eigenvalue weighted by molar-refractivity contribution is -0.145. The van der Waals surface area contributed by atoms with Crippen LogP contribution in [0.1, 0.15) is 12.8 Å². The first-order valence-electron chi connectivity index (χ1n) is 6.15. The number of carboxylic acid groups (broad SMARTS) is 1. The van der Waals surface area contributed by atoms with Crippen molar-refractivity contribution < 1.29 is 19.1 Å². The maximum absolute atomic E-state index is 11.5. The van der Waals surface area contributed by atoms with Crippen LogP contribution in [-0.2, 0) is 9.53 Å². The predicted molar refractivity (Wildman–Crippen MR) is 68.1 cm³/mol. The number of aliphatic carboxylic acids is 1. The van der Waals surface area contributed by atoms with E-state index in [9.17, 15) is 9.90 Å². The van der Waals surface area contributed by atoms with Gasteiger partial charge in [0, 0.05) is 26.1 Å². The van der Waals surface area contributed by atoms with E-state index in [4.69, 9.17) is 9.15 Å². The Bertz CT molecular complexity index is 568. The van der Waals surface area contributed by atoms with Gasteiger partial charge in [-0.15, -0.1) is 0 Å². The van der Waals surface area contributed by atoms with Crippen LogP contribution in [0.3, 0.4) is 0 Å². The van der Waals surface area contributed by atoms with Gasteiger partial charge in [0.1, 0.15) is 11.1 Å². The molecular formula is C13H14N2O4. The molecule has 2 aromatic rings. The Kier molecular flexibility index (Phi) is 2.87. The van der Waals surface area contributed by atoms with Gasteiger partial charge in [-0.3, -0.25) is 0 Å². The van der Waals surface area contributed by atoms with Gasteiger partial charge >= 0.3 is 5.97 Å². The van der Waals surface area contributed by atoms with Crippen LogP contribution in [0.5, 0.6) is 0 Å². The number of hydrogen-bond donors (Lipinski definition) is 2. The summed E-state index contributed by atoms with van der Waals surface area (Å²) in [4.78, 5) is 15.8. The van der Waals surface area contributed by atoms with Crippen molar-refractivity contribution in [2.24, 2.45) is 0 Å². The number of hydrogen-bond acceptors (Lipinski definition) is 5. The number of fused-ring (bicyclic) bond motifs is 1. The van der Waals surface area contributed by atoms with E-state index < -0.39 is 11.5 Å². The Morgan fingerprint density at radius 3 is 2.74 bits per heavy atom. The van der Waals surface area contributed by atoms with E-state index in [0.717, 1.165) is 0 Å². The predicted octanol–water partition coefficient (Wildman–Crippen LogP) is 1.87. The molecule has 0 spiro atoms. The molecule has 2 N–H and O–H groups in total. The van der Waals surface area contributed by atoms with Crippen LogP contribution in [-0.4, -0.2) is 34.8 Å². The second-order valence-corrected chi connectivity index (χ2v) is 4.61. The lowest BCUT2D eigenvalue weighted by Crippen LogP contribution is -2.50. The number of nitrogens with zero attached hydrogens (tertiary/aromatic N) is 1. The zero-order valence-electron chi connectivity index (χ0n) is 10.3. The van der Waals surface area contributed by atoms with E-state index >= 15 is 0 Å². The molecule has 100 valence electrons. The molecule has 0 saturated carbocycles. The van der Waals surface area contributed by atoms with Crippen molar-refractivity contribution in [2.75, 3.05) is 18.5 Å². The van der Waals surface area contributed by atoms with Crippen LogP contribution in [0.25, 0.3) is 11.1 Å². The molecule has 0 radical (unpaired) electrons. The number of carboxylic acids is 1. The molecule has 0 unspecified atom stereocenters. The molecular weight excluding hydrogens is 248 g/mol. The fourth-order valence-corrected chi connectivity index (χ4v) is 2.24. The standard InChI is InChI=1S/C13H14N2O4/c16-11(17)13(5-7-18-8-6-13)15-12-14-9-3-1-2-4-10(9)19-12/h1-4H,5-8H2,(H,14,15)(H,16,17). The number of nitrogens with one attached hydrogen (secondary N) is 1. The van der Waals surface area contributed by atoms with Crippen LogP contribution in [0, 0.1) is 0 Å². The molecule has 2 heterocycles. The number of benzene rings is 1. The summed E-state index contributed by atoms with van der Waals surface area (Å²) in [5.74, 6) is -0.905. The van der Waals surface area contributed by atoms with Crippen molar-refractivity contribution in [3.8, 4) is 0 Å². The molecule has 6 nitrogen and oxygen atoms in total. The van der Waals surface area contributed by atoms with Crippen molar-refractivity contribution in [2.45, 2.75) is 18.4 Å². The molecule has 6 heteroatoms. The molecule has 1 aromatic heterocycles. The van der Waals surface area contributed by atoms with Gasteiger partial charge in [-0.05, 0) is 12.1 Å². The highest BCUT2D eigenvalue weighted by molar-refractivity contribution is 5.83. The first-order valence-corrected chi connectivity index (χ1v) is 6.15. The fraction of sp³-hybridized carbons (Fsp3) is 0.385. The molecule has 0 amide bonds. The van der Waals surface area contributed by atoms with Gasteiger partial charge in [0.2, 0.25) is 0 Å². The zero-order valence-corrected chi connectivity index (χ0v) is 10.3. The minimum atomic E-state index is -1.06. The first kappa shape index (κ1) is 12.0. The normalized spacial score (nSPS) is 18.3. The van der Waals surface area contributed by atoms with Crippen LogP contribution in [0.15, 0.2) is 28.7 Å². The molecule has 0 aliphatic carbocycles. The van der Waals surface area contributed by atoms with Crippen molar-refractivity contribution in [3.05, 3.63) is 24.3 Å². The monoisotopic (exact) mass is 262 g/mol. The Morgan fingerprint density at radius 1 is 1.32 bits per heavy atom. The summed E-state index contributed by atoms with van der Waals surface area (Å²) in [6, 6.07) is 7.56. The van der Waals surface area contributed by atoms with E-state index in [1.807, 2.05) is 18.2 Å². The SMILES string of the molecule is O=C(O)C1(Nc2nc3ccccc3o2)CCOCC1. The first-order chi connectivity index (χ1) is 9.20. The van der Waals surface area contributed by atoms with Crippen LogP contribution >= 0.6 is 0 Å². The molecule has 1 saturated heterocycles. The van der Waals surface area contributed by atoms with Gasteiger partial charge in [0.15, 0.2) is 5.58 Å². The molecule has 19 heavy (non-hydrogen) atoms. The largest absolute Gasteiger partial charge is 0.480 e. The summed E-state index contributed by atoms with van der Waals surface area (Å²) in [5.41, 5.74) is 0.286. The molecule has 1 fully saturated rings. The average molecular weight is 262 g/mol. The summed E-state index contributed by atoms with van der Waals surface area (Å²) in [5, 5.41) is 12.4. The topological polar surface area (TPSA) is 84.6 Å². The van der Waals surface area contributed by atoms with E-state index in [-0.39, 0.29) is 6.01 Å². The Hall–Kier alpha value is -2.08. The van der Waals surface area contributed by atoms with Crippen LogP contribution < -0.4 is 5.32 Å². The van der Waals surface area contributed by atoms with Crippen molar-refractivity contribution in [3.63, 3.8) is 0 Å². The summed E-state index contributed by atoms with van der Waals surface area (Å²) in [7, 11) is 0.